The summed E-state index contributed by atoms with van der Waals surface area (Å²) < 4.78 is 0. The molecule has 0 spiro atoms. The number of hydrazone groups is 1. The van der Waals surface area contributed by atoms with Crippen LogP contribution in [0.5, 0.6) is 0 Å². The first-order chi connectivity index (χ1) is 11.6. The summed E-state index contributed by atoms with van der Waals surface area (Å²) >= 11 is 0. The van der Waals surface area contributed by atoms with E-state index in [2.05, 4.69) is 17.1 Å². The molecule has 0 aliphatic carbocycles. The average molecular weight is 328 g/mol. The normalized spacial score (nSPS) is 20.6. The zero-order valence-corrected chi connectivity index (χ0v) is 13.2. The number of likely N-dealkylation sites (tertiary alicyclic amines) is 1. The highest BCUT2D eigenvalue weighted by molar-refractivity contribution is 6.14. The lowest BCUT2D eigenvalue weighted by atomic mass is 9.92. The molecule has 1 saturated heterocycles. The van der Waals surface area contributed by atoms with Gasteiger partial charge in [0.05, 0.1) is 29.4 Å². The molecule has 2 atom stereocenters. The Morgan fingerprint density at radius 1 is 1.38 bits per heavy atom. The molecule has 1 aromatic rings. The Morgan fingerprint density at radius 2 is 2.12 bits per heavy atom. The molecule has 0 unspecified atom stereocenters. The van der Waals surface area contributed by atoms with Gasteiger partial charge in [-0.05, 0) is 25.0 Å². The number of nitrogens with zero attached hydrogens (tertiary/aromatic N) is 2. The summed E-state index contributed by atoms with van der Waals surface area (Å²) in [7, 11) is 0. The third-order valence-electron chi connectivity index (χ3n) is 4.00. The number of benzene rings is 1. The standard InChI is InChI=1S/C17H20N4O3/c1-2-13-8-7-12(17(23)24)11-21(13)16(22)14-5-3-4-6-15(14)20-19-10-9-18/h2-6,9-10,12-13,18,20H,1,7-8,11H2,(H,23,24)/b18-9?,19-10-/t12-,13-/m1/s1. The molecular weight excluding hydrogens is 308 g/mol. The van der Waals surface area contributed by atoms with E-state index in [4.69, 9.17) is 5.41 Å². The van der Waals surface area contributed by atoms with Gasteiger partial charge < -0.3 is 15.4 Å². The maximum Gasteiger partial charge on any atom is 0.308 e. The summed E-state index contributed by atoms with van der Waals surface area (Å²) in [5.41, 5.74) is 3.63. The molecule has 0 aromatic heterocycles. The molecule has 7 nitrogen and oxygen atoms in total. The van der Waals surface area contributed by atoms with Crippen LogP contribution in [0.1, 0.15) is 23.2 Å². The Hall–Kier alpha value is -2.96. The lowest BCUT2D eigenvalue weighted by Crippen LogP contribution is -2.47. The average Bonchev–Trinajstić information content (AvgIpc) is 2.61. The lowest BCUT2D eigenvalue weighted by molar-refractivity contribution is -0.143. The zero-order chi connectivity index (χ0) is 17.5. The summed E-state index contributed by atoms with van der Waals surface area (Å²) in [6, 6.07) is 6.68. The monoisotopic (exact) mass is 328 g/mol. The van der Waals surface area contributed by atoms with Crippen molar-refractivity contribution in [3.8, 4) is 0 Å². The van der Waals surface area contributed by atoms with Gasteiger partial charge in [-0.25, -0.2) is 0 Å². The van der Waals surface area contributed by atoms with Gasteiger partial charge >= 0.3 is 5.97 Å². The van der Waals surface area contributed by atoms with Crippen molar-refractivity contribution in [2.24, 2.45) is 11.0 Å². The number of amides is 1. The van der Waals surface area contributed by atoms with Gasteiger partial charge in [-0.15, -0.1) is 6.58 Å². The van der Waals surface area contributed by atoms with Crippen LogP contribution in [0, 0.1) is 11.3 Å². The molecule has 24 heavy (non-hydrogen) atoms. The van der Waals surface area contributed by atoms with Gasteiger partial charge in [0.15, 0.2) is 0 Å². The van der Waals surface area contributed by atoms with E-state index in [1.165, 1.54) is 6.21 Å². The number of carbonyl (C=O) groups is 2. The Balaban J connectivity index is 2.28. The van der Waals surface area contributed by atoms with Crippen LogP contribution in [0.15, 0.2) is 42.0 Å². The third-order valence-corrected chi connectivity index (χ3v) is 4.00. The summed E-state index contributed by atoms with van der Waals surface area (Å²) in [4.78, 5) is 25.8. The highest BCUT2D eigenvalue weighted by Crippen LogP contribution is 2.27. The predicted octanol–water partition coefficient (Wildman–Crippen LogP) is 2.23. The Kier molecular flexibility index (Phi) is 5.83. The molecule has 0 saturated carbocycles. The molecular formula is C17H20N4O3. The maximum atomic E-state index is 12.9. The number of carboxylic acids is 1. The number of hydrogen-bond acceptors (Lipinski definition) is 5. The highest BCUT2D eigenvalue weighted by atomic mass is 16.4. The summed E-state index contributed by atoms with van der Waals surface area (Å²) in [5, 5.41) is 20.0. The second-order valence-electron chi connectivity index (χ2n) is 5.48. The number of carboxylic acid groups (broad SMARTS) is 1. The van der Waals surface area contributed by atoms with Gasteiger partial charge in [0, 0.05) is 12.8 Å². The molecule has 126 valence electrons. The van der Waals surface area contributed by atoms with Crippen molar-refractivity contribution in [2.45, 2.75) is 18.9 Å². The van der Waals surface area contributed by atoms with E-state index >= 15 is 0 Å². The smallest absolute Gasteiger partial charge is 0.308 e. The van der Waals surface area contributed by atoms with Crippen LogP contribution in [-0.2, 0) is 4.79 Å². The number of carbonyl (C=O) groups excluding carboxylic acids is 1. The second-order valence-corrected chi connectivity index (χ2v) is 5.48. The molecule has 2 rings (SSSR count). The van der Waals surface area contributed by atoms with Gasteiger partial charge in [-0.2, -0.15) is 5.10 Å². The van der Waals surface area contributed by atoms with E-state index in [0.29, 0.717) is 24.1 Å². The molecule has 1 amide bonds. The van der Waals surface area contributed by atoms with E-state index < -0.39 is 11.9 Å². The van der Waals surface area contributed by atoms with Crippen LogP contribution >= 0.6 is 0 Å². The first-order valence-electron chi connectivity index (χ1n) is 7.62. The fourth-order valence-electron chi connectivity index (χ4n) is 2.74. The molecule has 1 heterocycles. The van der Waals surface area contributed by atoms with Crippen LogP contribution in [0.4, 0.5) is 5.69 Å². The van der Waals surface area contributed by atoms with E-state index in [1.807, 2.05) is 0 Å². The quantitative estimate of drug-likeness (QED) is 0.423. The van der Waals surface area contributed by atoms with Crippen molar-refractivity contribution in [2.75, 3.05) is 12.0 Å². The van der Waals surface area contributed by atoms with Crippen LogP contribution in [0.3, 0.4) is 0 Å². The number of anilines is 1. The van der Waals surface area contributed by atoms with Crippen LogP contribution in [0.25, 0.3) is 0 Å². The fourth-order valence-corrected chi connectivity index (χ4v) is 2.74. The molecule has 0 radical (unpaired) electrons. The fraction of sp³-hybridized carbons (Fsp3) is 0.294. The first-order valence-corrected chi connectivity index (χ1v) is 7.62. The van der Waals surface area contributed by atoms with E-state index in [1.54, 1.807) is 35.2 Å². The number of rotatable bonds is 6. The minimum absolute atomic E-state index is 0.156. The third kappa shape index (κ3) is 3.87. The van der Waals surface area contributed by atoms with E-state index in [0.717, 1.165) is 6.21 Å². The van der Waals surface area contributed by atoms with Gasteiger partial charge in [0.1, 0.15) is 0 Å². The highest BCUT2D eigenvalue weighted by Gasteiger charge is 2.34. The maximum absolute atomic E-state index is 12.9. The van der Waals surface area contributed by atoms with Crippen molar-refractivity contribution >= 4 is 30.0 Å². The number of aliphatic carboxylic acids is 1. The van der Waals surface area contributed by atoms with Crippen molar-refractivity contribution in [3.63, 3.8) is 0 Å². The minimum atomic E-state index is -0.891. The molecule has 7 heteroatoms. The molecule has 1 fully saturated rings. The number of hydrogen-bond donors (Lipinski definition) is 3. The minimum Gasteiger partial charge on any atom is -0.481 e. The van der Waals surface area contributed by atoms with Gasteiger partial charge in [0.25, 0.3) is 5.91 Å². The summed E-state index contributed by atoms with van der Waals surface area (Å²) in [6.07, 6.45) is 5.06. The SMILES string of the molecule is C=C[C@@H]1CC[C@@H](C(=O)O)CN1C(=O)c1ccccc1N/N=C\C=N. The van der Waals surface area contributed by atoms with Gasteiger partial charge in [0.2, 0.25) is 0 Å². The number of piperidine rings is 1. The van der Waals surface area contributed by atoms with Crippen molar-refractivity contribution in [1.29, 1.82) is 5.41 Å². The van der Waals surface area contributed by atoms with Crippen LogP contribution in [0.2, 0.25) is 0 Å². The van der Waals surface area contributed by atoms with Crippen molar-refractivity contribution < 1.29 is 14.7 Å². The summed E-state index contributed by atoms with van der Waals surface area (Å²) in [5.74, 6) is -1.72. The summed E-state index contributed by atoms with van der Waals surface area (Å²) in [6.45, 7) is 3.91. The van der Waals surface area contributed by atoms with Gasteiger partial charge in [-0.1, -0.05) is 18.2 Å². The Labute approximate surface area is 140 Å². The van der Waals surface area contributed by atoms with E-state index in [9.17, 15) is 14.7 Å². The molecule has 1 aliphatic heterocycles. The molecule has 3 N–H and O–H groups in total. The van der Waals surface area contributed by atoms with Crippen LogP contribution < -0.4 is 5.43 Å². The van der Waals surface area contributed by atoms with Crippen LogP contribution in [-0.4, -0.2) is 46.9 Å². The Bertz CT molecular complexity index is 672. The lowest BCUT2D eigenvalue weighted by Gasteiger charge is -2.37. The van der Waals surface area contributed by atoms with E-state index in [-0.39, 0.29) is 18.5 Å². The van der Waals surface area contributed by atoms with Crippen molar-refractivity contribution in [1.82, 2.24) is 4.90 Å². The molecule has 0 bridgehead atoms. The topological polar surface area (TPSA) is 106 Å². The number of nitrogens with one attached hydrogen (secondary N) is 2. The molecule has 1 aromatic carbocycles. The predicted molar refractivity (Wildman–Crippen MR) is 92.7 cm³/mol. The van der Waals surface area contributed by atoms with Crippen molar-refractivity contribution in [3.05, 3.63) is 42.5 Å². The largest absolute Gasteiger partial charge is 0.481 e. The zero-order valence-electron chi connectivity index (χ0n) is 13.2. The Morgan fingerprint density at radius 3 is 2.79 bits per heavy atom. The second kappa shape index (κ2) is 8.05. The number of para-hydroxylation sites is 1. The van der Waals surface area contributed by atoms with Gasteiger partial charge in [-0.3, -0.25) is 15.0 Å². The molecule has 1 aliphatic rings. The first kappa shape index (κ1) is 17.4.